The van der Waals surface area contributed by atoms with Crippen molar-refractivity contribution >= 4 is 11.5 Å². The Kier molecular flexibility index (Phi) is 3.42. The lowest BCUT2D eigenvalue weighted by Crippen LogP contribution is -2.42. The lowest BCUT2D eigenvalue weighted by atomic mass is 9.85. The van der Waals surface area contributed by atoms with E-state index in [1.165, 1.54) is 12.1 Å². The highest BCUT2D eigenvalue weighted by atomic mass is 19.4. The van der Waals surface area contributed by atoms with Crippen molar-refractivity contribution in [3.05, 3.63) is 42.1 Å². The minimum atomic E-state index is -4.31. The second-order valence-corrected chi connectivity index (χ2v) is 6.14. The van der Waals surface area contributed by atoms with Crippen molar-refractivity contribution in [1.82, 2.24) is 9.78 Å². The molecule has 3 nitrogen and oxygen atoms in total. The molecule has 1 aromatic carbocycles. The normalized spacial score (nSPS) is 21.8. The van der Waals surface area contributed by atoms with Crippen LogP contribution in [0.25, 0.3) is 0 Å². The van der Waals surface area contributed by atoms with Gasteiger partial charge in [0.15, 0.2) is 0 Å². The van der Waals surface area contributed by atoms with Crippen LogP contribution in [0.1, 0.15) is 25.8 Å². The Balaban J connectivity index is 1.97. The summed E-state index contributed by atoms with van der Waals surface area (Å²) in [5, 5.41) is 4.33. The molecule has 2 heterocycles. The molecular formula is C16H18F3N3. The molecule has 0 radical (unpaired) electrons. The number of halogens is 3. The average molecular weight is 309 g/mol. The lowest BCUT2D eigenvalue weighted by molar-refractivity contribution is -0.137. The van der Waals surface area contributed by atoms with E-state index in [0.717, 1.165) is 43.1 Å². The quantitative estimate of drug-likeness (QED) is 0.816. The smallest absolute Gasteiger partial charge is 0.326 e. The van der Waals surface area contributed by atoms with E-state index in [1.807, 2.05) is 15.6 Å². The van der Waals surface area contributed by atoms with E-state index in [0.29, 0.717) is 0 Å². The maximum Gasteiger partial charge on any atom is 0.416 e. The molecule has 1 aromatic heterocycles. The van der Waals surface area contributed by atoms with Gasteiger partial charge < -0.3 is 4.90 Å². The van der Waals surface area contributed by atoms with Crippen molar-refractivity contribution in [3.8, 4) is 0 Å². The van der Waals surface area contributed by atoms with Crippen molar-refractivity contribution in [2.75, 3.05) is 11.4 Å². The predicted octanol–water partition coefficient (Wildman–Crippen LogP) is 4.47. The van der Waals surface area contributed by atoms with Gasteiger partial charge in [0, 0.05) is 23.7 Å². The van der Waals surface area contributed by atoms with Gasteiger partial charge in [-0.25, -0.2) is 4.68 Å². The van der Waals surface area contributed by atoms with Crippen molar-refractivity contribution in [1.29, 1.82) is 0 Å². The fourth-order valence-corrected chi connectivity index (χ4v) is 2.83. The second kappa shape index (κ2) is 5.04. The van der Waals surface area contributed by atoms with Crippen LogP contribution in [0.2, 0.25) is 0 Å². The Hall–Kier alpha value is -1.98. The van der Waals surface area contributed by atoms with Crippen LogP contribution in [0.3, 0.4) is 0 Å². The zero-order valence-corrected chi connectivity index (χ0v) is 12.6. The van der Waals surface area contributed by atoms with Crippen LogP contribution in [0.15, 0.2) is 36.5 Å². The molecule has 0 saturated heterocycles. The molecule has 0 N–H and O–H groups in total. The Bertz CT molecular complexity index is 660. The first-order chi connectivity index (χ1) is 10.3. The fourth-order valence-electron chi connectivity index (χ4n) is 2.83. The summed E-state index contributed by atoms with van der Waals surface area (Å²) in [6.45, 7) is 5.89. The number of hydrogen-bond donors (Lipinski definition) is 0. The largest absolute Gasteiger partial charge is 0.416 e. The minimum absolute atomic E-state index is 0.0434. The summed E-state index contributed by atoms with van der Waals surface area (Å²) in [4.78, 5) is 2.04. The van der Waals surface area contributed by atoms with Crippen LogP contribution < -0.4 is 4.90 Å². The first-order valence-electron chi connectivity index (χ1n) is 7.29. The maximum atomic E-state index is 12.7. The third-order valence-electron chi connectivity index (χ3n) is 4.40. The van der Waals surface area contributed by atoms with E-state index in [4.69, 9.17) is 0 Å². The predicted molar refractivity (Wildman–Crippen MR) is 79.1 cm³/mol. The molecule has 0 spiro atoms. The molecule has 1 unspecified atom stereocenters. The molecule has 1 aliphatic heterocycles. The summed E-state index contributed by atoms with van der Waals surface area (Å²) in [5.74, 6) is 0.922. The Labute approximate surface area is 127 Å². The van der Waals surface area contributed by atoms with Gasteiger partial charge in [-0.2, -0.15) is 18.3 Å². The van der Waals surface area contributed by atoms with Crippen molar-refractivity contribution in [2.45, 2.75) is 33.0 Å². The third kappa shape index (κ3) is 2.58. The molecule has 0 amide bonds. The molecule has 0 saturated carbocycles. The van der Waals surface area contributed by atoms with Crippen LogP contribution in [0, 0.1) is 5.41 Å². The molecule has 3 rings (SSSR count). The van der Waals surface area contributed by atoms with E-state index < -0.39 is 11.7 Å². The van der Waals surface area contributed by atoms with Gasteiger partial charge in [0.1, 0.15) is 5.82 Å². The van der Waals surface area contributed by atoms with Crippen molar-refractivity contribution < 1.29 is 13.2 Å². The summed E-state index contributed by atoms with van der Waals surface area (Å²) >= 11 is 0. The summed E-state index contributed by atoms with van der Waals surface area (Å²) in [6.07, 6.45) is -1.60. The lowest BCUT2D eigenvalue weighted by Gasteiger charge is -2.41. The summed E-state index contributed by atoms with van der Waals surface area (Å²) in [7, 11) is 0. The van der Waals surface area contributed by atoms with E-state index in [1.54, 1.807) is 6.20 Å². The maximum absolute atomic E-state index is 12.7. The van der Waals surface area contributed by atoms with Gasteiger partial charge in [-0.05, 0) is 30.7 Å². The van der Waals surface area contributed by atoms with Gasteiger partial charge >= 0.3 is 6.18 Å². The standard InChI is InChI=1S/C16H18F3N3/c1-3-15(2)10-21(14-8-9-20-22(14)11-15)13-6-4-12(5-7-13)16(17,18)19/h4-9H,3,10-11H2,1-2H3. The molecule has 1 aliphatic rings. The van der Waals surface area contributed by atoms with Gasteiger partial charge in [-0.3, -0.25) is 0 Å². The van der Waals surface area contributed by atoms with Crippen LogP contribution in [0.5, 0.6) is 0 Å². The molecule has 22 heavy (non-hydrogen) atoms. The molecular weight excluding hydrogens is 291 g/mol. The van der Waals surface area contributed by atoms with Crippen molar-refractivity contribution in [2.24, 2.45) is 5.41 Å². The zero-order valence-electron chi connectivity index (χ0n) is 12.6. The highest BCUT2D eigenvalue weighted by Crippen LogP contribution is 2.39. The summed E-state index contributed by atoms with van der Waals surface area (Å²) in [6, 6.07) is 7.22. The van der Waals surface area contributed by atoms with E-state index >= 15 is 0 Å². The number of benzene rings is 1. The van der Waals surface area contributed by atoms with E-state index in [2.05, 4.69) is 18.9 Å². The molecule has 0 aliphatic carbocycles. The van der Waals surface area contributed by atoms with Gasteiger partial charge in [-0.1, -0.05) is 13.8 Å². The number of nitrogens with zero attached hydrogens (tertiary/aromatic N) is 3. The summed E-state index contributed by atoms with van der Waals surface area (Å²) in [5.41, 5.74) is 0.177. The Morgan fingerprint density at radius 3 is 2.41 bits per heavy atom. The highest BCUT2D eigenvalue weighted by Gasteiger charge is 2.35. The summed E-state index contributed by atoms with van der Waals surface area (Å²) < 4.78 is 40.0. The van der Waals surface area contributed by atoms with Crippen molar-refractivity contribution in [3.63, 3.8) is 0 Å². The molecule has 0 bridgehead atoms. The van der Waals surface area contributed by atoms with E-state index in [9.17, 15) is 13.2 Å². The monoisotopic (exact) mass is 309 g/mol. The van der Waals surface area contributed by atoms with Crippen LogP contribution in [-0.4, -0.2) is 16.3 Å². The highest BCUT2D eigenvalue weighted by molar-refractivity contribution is 5.61. The first-order valence-corrected chi connectivity index (χ1v) is 7.29. The van der Waals surface area contributed by atoms with Crippen LogP contribution in [0.4, 0.5) is 24.7 Å². The molecule has 0 fully saturated rings. The zero-order chi connectivity index (χ0) is 16.0. The molecule has 118 valence electrons. The van der Waals surface area contributed by atoms with Gasteiger partial charge in [0.25, 0.3) is 0 Å². The Morgan fingerprint density at radius 1 is 1.14 bits per heavy atom. The number of fused-ring (bicyclic) bond motifs is 1. The molecule has 2 aromatic rings. The number of hydrogen-bond acceptors (Lipinski definition) is 2. The van der Waals surface area contributed by atoms with Gasteiger partial charge in [0.2, 0.25) is 0 Å². The first kappa shape index (κ1) is 14.9. The third-order valence-corrected chi connectivity index (χ3v) is 4.40. The minimum Gasteiger partial charge on any atom is -0.326 e. The second-order valence-electron chi connectivity index (χ2n) is 6.14. The fraction of sp³-hybridized carbons (Fsp3) is 0.438. The Morgan fingerprint density at radius 2 is 1.82 bits per heavy atom. The van der Waals surface area contributed by atoms with Gasteiger partial charge in [0.05, 0.1) is 18.3 Å². The molecule has 6 heteroatoms. The SMILES string of the molecule is CCC1(C)CN(c2ccc(C(F)(F)F)cc2)c2ccnn2C1. The average Bonchev–Trinajstić information content (AvgIpc) is 2.93. The van der Waals surface area contributed by atoms with Crippen LogP contribution in [-0.2, 0) is 12.7 Å². The number of aromatic nitrogens is 2. The number of alkyl halides is 3. The van der Waals surface area contributed by atoms with E-state index in [-0.39, 0.29) is 5.41 Å². The number of rotatable bonds is 2. The number of anilines is 2. The molecule has 1 atom stereocenters. The topological polar surface area (TPSA) is 21.1 Å². The van der Waals surface area contributed by atoms with Crippen LogP contribution >= 0.6 is 0 Å². The van der Waals surface area contributed by atoms with Gasteiger partial charge in [-0.15, -0.1) is 0 Å².